The van der Waals surface area contributed by atoms with E-state index in [0.717, 1.165) is 11.3 Å². The van der Waals surface area contributed by atoms with Gasteiger partial charge in [0.2, 0.25) is 5.91 Å². The van der Waals surface area contributed by atoms with Crippen molar-refractivity contribution >= 4 is 28.5 Å². The molecule has 1 aromatic heterocycles. The maximum Gasteiger partial charge on any atom is 0.250 e. The Balaban J connectivity index is 1.65. The Morgan fingerprint density at radius 3 is 2.57 bits per heavy atom. The Hall–Kier alpha value is -2.34. The minimum Gasteiger partial charge on any atom is -0.497 e. The van der Waals surface area contributed by atoms with Crippen LogP contribution in [0.2, 0.25) is 0 Å². The van der Waals surface area contributed by atoms with Crippen LogP contribution in [0.5, 0.6) is 11.5 Å². The molecular weight excluding hydrogens is 312 g/mol. The third-order valence-electron chi connectivity index (χ3n) is 3.55. The van der Waals surface area contributed by atoms with E-state index in [4.69, 9.17) is 9.47 Å². The highest BCUT2D eigenvalue weighted by molar-refractivity contribution is 7.14. The number of aromatic nitrogens is 1. The van der Waals surface area contributed by atoms with Crippen LogP contribution in [0.3, 0.4) is 0 Å². The number of hydrogen-bond acceptors (Lipinski definition) is 5. The summed E-state index contributed by atoms with van der Waals surface area (Å²) in [6, 6.07) is 5.45. The van der Waals surface area contributed by atoms with Gasteiger partial charge in [0.05, 0.1) is 19.9 Å². The first kappa shape index (κ1) is 15.6. The SMILES string of the molecule is COc1cc(/C=C/C(=O)Nc2nc(C3CC3)cs2)cc(OC)c1. The lowest BCUT2D eigenvalue weighted by Gasteiger charge is -2.05. The number of hydrogen-bond donors (Lipinski definition) is 1. The Bertz CT molecular complexity index is 713. The summed E-state index contributed by atoms with van der Waals surface area (Å²) in [6.45, 7) is 0. The summed E-state index contributed by atoms with van der Waals surface area (Å²) in [7, 11) is 3.18. The van der Waals surface area contributed by atoms with E-state index in [1.54, 1.807) is 26.4 Å². The molecule has 1 aliphatic rings. The molecule has 1 heterocycles. The minimum absolute atomic E-state index is 0.205. The smallest absolute Gasteiger partial charge is 0.250 e. The molecule has 23 heavy (non-hydrogen) atoms. The molecule has 1 saturated carbocycles. The van der Waals surface area contributed by atoms with Crippen molar-refractivity contribution in [2.45, 2.75) is 18.8 Å². The normalized spacial score (nSPS) is 14.0. The maximum atomic E-state index is 12.0. The van der Waals surface area contributed by atoms with Crippen LogP contribution in [0.15, 0.2) is 29.7 Å². The lowest BCUT2D eigenvalue weighted by molar-refractivity contribution is -0.111. The summed E-state index contributed by atoms with van der Waals surface area (Å²) in [5.74, 6) is 1.75. The van der Waals surface area contributed by atoms with E-state index in [2.05, 4.69) is 10.3 Å². The Labute approximate surface area is 139 Å². The molecule has 0 aliphatic heterocycles. The number of methoxy groups -OCH3 is 2. The first-order chi connectivity index (χ1) is 11.2. The number of rotatable bonds is 6. The third-order valence-corrected chi connectivity index (χ3v) is 4.32. The van der Waals surface area contributed by atoms with Gasteiger partial charge in [0.15, 0.2) is 5.13 Å². The molecule has 2 aromatic rings. The van der Waals surface area contributed by atoms with Crippen molar-refractivity contribution in [2.75, 3.05) is 19.5 Å². The van der Waals surface area contributed by atoms with Gasteiger partial charge in [-0.15, -0.1) is 11.3 Å². The summed E-state index contributed by atoms with van der Waals surface area (Å²) in [4.78, 5) is 16.4. The number of amides is 1. The zero-order chi connectivity index (χ0) is 16.2. The topological polar surface area (TPSA) is 60.5 Å². The molecule has 1 aromatic carbocycles. The molecule has 0 bridgehead atoms. The molecule has 120 valence electrons. The van der Waals surface area contributed by atoms with Gasteiger partial charge in [-0.3, -0.25) is 10.1 Å². The van der Waals surface area contributed by atoms with Gasteiger partial charge in [-0.05, 0) is 36.6 Å². The van der Waals surface area contributed by atoms with E-state index < -0.39 is 0 Å². The van der Waals surface area contributed by atoms with Crippen molar-refractivity contribution in [1.29, 1.82) is 0 Å². The van der Waals surface area contributed by atoms with Gasteiger partial charge in [-0.2, -0.15) is 0 Å². The number of ether oxygens (including phenoxy) is 2. The summed E-state index contributed by atoms with van der Waals surface area (Å²) in [6.07, 6.45) is 5.60. The highest BCUT2D eigenvalue weighted by Gasteiger charge is 2.26. The summed E-state index contributed by atoms with van der Waals surface area (Å²) < 4.78 is 10.4. The maximum absolute atomic E-state index is 12.0. The van der Waals surface area contributed by atoms with Crippen LogP contribution in [0.4, 0.5) is 5.13 Å². The second-order valence-electron chi connectivity index (χ2n) is 5.32. The number of carbonyl (C=O) groups is 1. The van der Waals surface area contributed by atoms with E-state index in [0.29, 0.717) is 22.5 Å². The first-order valence-corrected chi connectivity index (χ1v) is 8.23. The summed E-state index contributed by atoms with van der Waals surface area (Å²) in [5, 5.41) is 5.45. The van der Waals surface area contributed by atoms with Gasteiger partial charge >= 0.3 is 0 Å². The average molecular weight is 330 g/mol. The lowest BCUT2D eigenvalue weighted by Crippen LogP contribution is -2.07. The van der Waals surface area contributed by atoms with Gasteiger partial charge in [0.25, 0.3) is 0 Å². The second kappa shape index (κ2) is 6.83. The molecule has 1 aliphatic carbocycles. The summed E-state index contributed by atoms with van der Waals surface area (Å²) >= 11 is 1.46. The molecule has 1 N–H and O–H groups in total. The largest absolute Gasteiger partial charge is 0.497 e. The van der Waals surface area contributed by atoms with Gasteiger partial charge in [-0.1, -0.05) is 0 Å². The molecule has 0 atom stereocenters. The highest BCUT2D eigenvalue weighted by atomic mass is 32.1. The second-order valence-corrected chi connectivity index (χ2v) is 6.18. The van der Waals surface area contributed by atoms with Gasteiger partial charge in [0.1, 0.15) is 11.5 Å². The van der Waals surface area contributed by atoms with Crippen molar-refractivity contribution in [1.82, 2.24) is 4.98 Å². The fraction of sp³-hybridized carbons (Fsp3) is 0.294. The number of nitrogens with one attached hydrogen (secondary N) is 1. The van der Waals surface area contributed by atoms with Gasteiger partial charge in [0, 0.05) is 23.4 Å². The summed E-state index contributed by atoms with van der Waals surface area (Å²) in [5.41, 5.74) is 1.92. The van der Waals surface area contributed by atoms with Crippen LogP contribution in [0.1, 0.15) is 30.0 Å². The number of benzene rings is 1. The predicted octanol–water partition coefficient (Wildman–Crippen LogP) is 3.69. The molecule has 6 heteroatoms. The molecule has 3 rings (SSSR count). The predicted molar refractivity (Wildman–Crippen MR) is 91.3 cm³/mol. The third kappa shape index (κ3) is 4.10. The molecule has 1 amide bonds. The number of carbonyl (C=O) groups excluding carboxylic acids is 1. The Morgan fingerprint density at radius 1 is 1.26 bits per heavy atom. The number of thiazole rings is 1. The molecule has 0 saturated heterocycles. The fourth-order valence-corrected chi connectivity index (χ4v) is 2.95. The first-order valence-electron chi connectivity index (χ1n) is 7.35. The molecule has 0 radical (unpaired) electrons. The van der Waals surface area contributed by atoms with E-state index >= 15 is 0 Å². The van der Waals surface area contributed by atoms with Crippen molar-refractivity contribution in [2.24, 2.45) is 0 Å². The number of nitrogens with zero attached hydrogens (tertiary/aromatic N) is 1. The lowest BCUT2D eigenvalue weighted by atomic mass is 10.2. The monoisotopic (exact) mass is 330 g/mol. The van der Waals surface area contributed by atoms with Crippen molar-refractivity contribution in [3.05, 3.63) is 40.9 Å². The van der Waals surface area contributed by atoms with Gasteiger partial charge < -0.3 is 9.47 Å². The van der Waals surface area contributed by atoms with Crippen LogP contribution >= 0.6 is 11.3 Å². The minimum atomic E-state index is -0.205. The van der Waals surface area contributed by atoms with Crippen LogP contribution in [-0.2, 0) is 4.79 Å². The van der Waals surface area contributed by atoms with Crippen molar-refractivity contribution in [3.8, 4) is 11.5 Å². The van der Waals surface area contributed by atoms with Crippen LogP contribution in [0, 0.1) is 0 Å². The zero-order valence-corrected chi connectivity index (χ0v) is 13.9. The molecular formula is C17H18N2O3S. The van der Waals surface area contributed by atoms with E-state index in [1.807, 2.05) is 17.5 Å². The highest BCUT2D eigenvalue weighted by Crippen LogP contribution is 2.40. The van der Waals surface area contributed by atoms with Crippen LogP contribution in [0.25, 0.3) is 6.08 Å². The fourth-order valence-electron chi connectivity index (χ4n) is 2.15. The molecule has 5 nitrogen and oxygen atoms in total. The van der Waals surface area contributed by atoms with E-state index in [-0.39, 0.29) is 5.91 Å². The number of anilines is 1. The van der Waals surface area contributed by atoms with Crippen LogP contribution < -0.4 is 14.8 Å². The van der Waals surface area contributed by atoms with Crippen LogP contribution in [-0.4, -0.2) is 25.1 Å². The Morgan fingerprint density at radius 2 is 1.96 bits per heavy atom. The molecule has 0 unspecified atom stereocenters. The van der Waals surface area contributed by atoms with Crippen molar-refractivity contribution in [3.63, 3.8) is 0 Å². The Kier molecular flexibility index (Phi) is 4.62. The zero-order valence-electron chi connectivity index (χ0n) is 13.0. The van der Waals surface area contributed by atoms with E-state index in [1.165, 1.54) is 30.3 Å². The molecule has 0 spiro atoms. The van der Waals surface area contributed by atoms with E-state index in [9.17, 15) is 4.79 Å². The van der Waals surface area contributed by atoms with Gasteiger partial charge in [-0.25, -0.2) is 4.98 Å². The van der Waals surface area contributed by atoms with Crippen molar-refractivity contribution < 1.29 is 14.3 Å². The average Bonchev–Trinajstić information content (AvgIpc) is 3.32. The standard InChI is InChI=1S/C17H18N2O3S/c1-21-13-7-11(8-14(9-13)22-2)3-6-16(20)19-17-18-15(10-23-17)12-4-5-12/h3,6-10,12H,4-5H2,1-2H3,(H,18,19,20)/b6-3+. The quantitative estimate of drug-likeness (QED) is 0.821. The molecule has 1 fully saturated rings.